The van der Waals surface area contributed by atoms with E-state index >= 15 is 0 Å². The molecule has 1 saturated heterocycles. The van der Waals surface area contributed by atoms with Gasteiger partial charge in [-0.25, -0.2) is 0 Å². The lowest BCUT2D eigenvalue weighted by molar-refractivity contribution is -0.363. The average Bonchev–Trinajstić information content (AvgIpc) is 3.02. The van der Waals surface area contributed by atoms with Crippen molar-refractivity contribution in [3.63, 3.8) is 0 Å². The third kappa shape index (κ3) is 3.63. The fraction of sp³-hybridized carbons (Fsp3) is 0.593. The van der Waals surface area contributed by atoms with Gasteiger partial charge in [0.2, 0.25) is 0 Å². The molecule has 0 amide bonds. The maximum absolute atomic E-state index is 14.9. The highest BCUT2D eigenvalue weighted by Crippen LogP contribution is 2.66. The van der Waals surface area contributed by atoms with Gasteiger partial charge in [0.15, 0.2) is 0 Å². The number of hydrogen-bond donors (Lipinski definition) is 1. The van der Waals surface area contributed by atoms with Crippen molar-refractivity contribution in [1.29, 1.82) is 0 Å². The summed E-state index contributed by atoms with van der Waals surface area (Å²) in [7, 11) is 0. The second-order valence-electron chi connectivity index (χ2n) is 10.7. The number of thioether (sulfide) groups is 1. The first-order valence-corrected chi connectivity index (χ1v) is 13.4. The highest BCUT2D eigenvalue weighted by Gasteiger charge is 2.78. The summed E-state index contributed by atoms with van der Waals surface area (Å²) in [5.41, 5.74) is -1.58. The van der Waals surface area contributed by atoms with Crippen LogP contribution in [0, 0.1) is 17.3 Å². The van der Waals surface area contributed by atoms with E-state index in [4.69, 9.17) is 4.74 Å². The summed E-state index contributed by atoms with van der Waals surface area (Å²) in [6, 6.07) is 7.64. The Balaban J connectivity index is 1.65. The number of allylic oxidation sites excluding steroid dienone is 3. The number of hydrogen-bond acceptors (Lipinski definition) is 4. The van der Waals surface area contributed by atoms with Crippen LogP contribution in [0.1, 0.15) is 57.1 Å². The van der Waals surface area contributed by atoms with E-state index in [1.54, 1.807) is 11.8 Å². The minimum atomic E-state index is -5.89. The predicted octanol–water partition coefficient (Wildman–Crippen LogP) is 6.82. The number of ether oxygens (including phenoxy) is 1. The number of carbonyl (C=O) groups is 1. The maximum Gasteiger partial charge on any atom is 0.456 e. The number of halogens is 5. The fourth-order valence-electron chi connectivity index (χ4n) is 7.01. The van der Waals surface area contributed by atoms with Gasteiger partial charge in [-0.1, -0.05) is 25.1 Å². The Morgan fingerprint density at radius 1 is 1.11 bits per heavy atom. The van der Waals surface area contributed by atoms with Gasteiger partial charge < -0.3 is 9.84 Å². The third-order valence-corrected chi connectivity index (χ3v) is 9.73. The lowest BCUT2D eigenvalue weighted by Gasteiger charge is -2.47. The summed E-state index contributed by atoms with van der Waals surface area (Å²) in [5.74, 6) is -6.16. The number of rotatable bonds is 3. The van der Waals surface area contributed by atoms with Gasteiger partial charge >= 0.3 is 12.1 Å². The van der Waals surface area contributed by atoms with Crippen LogP contribution in [0.2, 0.25) is 0 Å². The molecule has 3 aliphatic carbocycles. The van der Waals surface area contributed by atoms with Gasteiger partial charge in [-0.15, -0.1) is 11.8 Å². The number of benzene rings is 1. The van der Waals surface area contributed by atoms with Crippen molar-refractivity contribution in [3.05, 3.63) is 52.6 Å². The van der Waals surface area contributed by atoms with Crippen molar-refractivity contribution < 1.29 is 36.6 Å². The van der Waals surface area contributed by atoms with Crippen molar-refractivity contribution in [2.75, 3.05) is 12.9 Å². The molecular weight excluding hydrogens is 499 g/mol. The van der Waals surface area contributed by atoms with E-state index in [2.05, 4.69) is 0 Å². The fourth-order valence-corrected chi connectivity index (χ4v) is 7.42. The average molecular weight is 529 g/mol. The molecular formula is C27H29F5O3S. The highest BCUT2D eigenvalue weighted by molar-refractivity contribution is 7.98. The zero-order valence-electron chi connectivity index (χ0n) is 20.1. The zero-order chi connectivity index (χ0) is 26.1. The van der Waals surface area contributed by atoms with E-state index in [9.17, 15) is 31.9 Å². The molecule has 5 rings (SSSR count). The Morgan fingerprint density at radius 3 is 2.44 bits per heavy atom. The molecule has 0 aromatic heterocycles. The van der Waals surface area contributed by atoms with E-state index in [1.165, 1.54) is 6.92 Å². The van der Waals surface area contributed by atoms with Crippen LogP contribution in [0.3, 0.4) is 0 Å². The SMILES string of the molecule is CSc1ccc([C@H]2OC[C@@]3(C)C(CC[C@@]3(O)C(F)(F)C(F)(F)F)C3CC=C4CC(=O)CCC4=C32)cc1. The minimum Gasteiger partial charge on any atom is -0.383 e. The Hall–Kier alpha value is -1.71. The standard InChI is InChI=1S/C27H29F5O3S/c1-24-14-35-23(15-3-7-18(36-2)8-4-15)22-19-10-6-17(33)13-16(19)5-9-20(22)21(24)11-12-25(24,34)26(28,29)27(30,31)32/h3-5,7-8,20-21,23,34H,6,9-14H2,1-2H3/t20?,21?,23-,24+,25+/m1/s1. The van der Waals surface area contributed by atoms with Gasteiger partial charge in [0.05, 0.1) is 6.61 Å². The Bertz CT molecular complexity index is 1130. The van der Waals surface area contributed by atoms with Crippen LogP contribution in [0.15, 0.2) is 52.0 Å². The van der Waals surface area contributed by atoms with Crippen molar-refractivity contribution in [2.24, 2.45) is 17.3 Å². The van der Waals surface area contributed by atoms with Crippen LogP contribution in [0.5, 0.6) is 0 Å². The van der Waals surface area contributed by atoms with Crippen LogP contribution in [0.25, 0.3) is 0 Å². The monoisotopic (exact) mass is 528 g/mol. The van der Waals surface area contributed by atoms with E-state index in [1.807, 2.05) is 36.6 Å². The number of Topliss-reactive ketones (excluding diaryl/α,β-unsaturated/α-hetero) is 1. The Morgan fingerprint density at radius 2 is 1.81 bits per heavy atom. The van der Waals surface area contributed by atoms with Crippen LogP contribution in [0.4, 0.5) is 22.0 Å². The maximum atomic E-state index is 14.9. The molecule has 2 saturated carbocycles. The first-order valence-electron chi connectivity index (χ1n) is 12.2. The lowest BCUT2D eigenvalue weighted by Crippen LogP contribution is -2.65. The molecule has 36 heavy (non-hydrogen) atoms. The third-order valence-electron chi connectivity index (χ3n) is 8.99. The zero-order valence-corrected chi connectivity index (χ0v) is 20.9. The molecule has 1 aromatic carbocycles. The lowest BCUT2D eigenvalue weighted by atomic mass is 9.61. The highest BCUT2D eigenvalue weighted by atomic mass is 32.2. The Labute approximate surface area is 211 Å². The number of ketones is 1. The molecule has 3 nitrogen and oxygen atoms in total. The topological polar surface area (TPSA) is 46.5 Å². The quantitative estimate of drug-likeness (QED) is 0.346. The number of carbonyl (C=O) groups excluding carboxylic acids is 1. The van der Waals surface area contributed by atoms with E-state index in [0.717, 1.165) is 27.2 Å². The van der Waals surface area contributed by atoms with Gasteiger partial charge in [-0.05, 0) is 78.2 Å². The molecule has 0 radical (unpaired) electrons. The van der Waals surface area contributed by atoms with E-state index in [0.29, 0.717) is 25.7 Å². The van der Waals surface area contributed by atoms with Gasteiger partial charge in [-0.2, -0.15) is 22.0 Å². The summed E-state index contributed by atoms with van der Waals surface area (Å²) in [4.78, 5) is 13.2. The van der Waals surface area contributed by atoms with Crippen LogP contribution >= 0.6 is 11.8 Å². The molecule has 4 aliphatic rings. The van der Waals surface area contributed by atoms with Gasteiger partial charge in [0, 0.05) is 23.2 Å². The van der Waals surface area contributed by atoms with Crippen LogP contribution in [-0.2, 0) is 9.53 Å². The van der Waals surface area contributed by atoms with Crippen molar-refractivity contribution in [1.82, 2.24) is 0 Å². The van der Waals surface area contributed by atoms with E-state index in [-0.39, 0.29) is 18.1 Å². The second kappa shape index (κ2) is 8.67. The first kappa shape index (κ1) is 25.9. The van der Waals surface area contributed by atoms with Gasteiger partial charge in [-0.3, -0.25) is 4.79 Å². The molecule has 1 aromatic rings. The molecule has 2 unspecified atom stereocenters. The summed E-state index contributed by atoms with van der Waals surface area (Å²) in [5, 5.41) is 11.2. The molecule has 196 valence electrons. The van der Waals surface area contributed by atoms with Crippen molar-refractivity contribution in [3.8, 4) is 0 Å². The van der Waals surface area contributed by atoms with Gasteiger partial charge in [0.1, 0.15) is 17.5 Å². The predicted molar refractivity (Wildman–Crippen MR) is 126 cm³/mol. The molecule has 3 fully saturated rings. The minimum absolute atomic E-state index is 0.0315. The second-order valence-corrected chi connectivity index (χ2v) is 11.6. The summed E-state index contributed by atoms with van der Waals surface area (Å²) < 4.78 is 76.8. The summed E-state index contributed by atoms with van der Waals surface area (Å²) >= 11 is 1.56. The molecule has 1 N–H and O–H groups in total. The van der Waals surface area contributed by atoms with Crippen LogP contribution < -0.4 is 0 Å². The summed E-state index contributed by atoms with van der Waals surface area (Å²) in [6.45, 7) is 0.895. The van der Waals surface area contributed by atoms with E-state index < -0.39 is 48.2 Å². The number of fused-ring (bicyclic) bond motifs is 4. The summed E-state index contributed by atoms with van der Waals surface area (Å²) in [6.07, 6.45) is -1.72. The first-order chi connectivity index (χ1) is 16.8. The molecule has 0 spiro atoms. The molecule has 1 aliphatic heterocycles. The largest absolute Gasteiger partial charge is 0.456 e. The number of alkyl halides is 5. The molecule has 9 heteroatoms. The number of aliphatic hydroxyl groups is 1. The molecule has 0 bridgehead atoms. The van der Waals surface area contributed by atoms with Crippen molar-refractivity contribution >= 4 is 17.5 Å². The smallest absolute Gasteiger partial charge is 0.383 e. The van der Waals surface area contributed by atoms with Gasteiger partial charge in [0.25, 0.3) is 0 Å². The Kier molecular flexibility index (Phi) is 6.24. The molecule has 1 heterocycles. The van der Waals surface area contributed by atoms with Crippen molar-refractivity contribution in [2.45, 2.75) is 74.1 Å². The van der Waals surface area contributed by atoms with Crippen LogP contribution in [-0.4, -0.2) is 41.5 Å². The normalized spacial score (nSPS) is 35.1. The molecule has 5 atom stereocenters.